The molecule has 10 heteroatoms. The molecule has 1 fully saturated rings. The van der Waals surface area contributed by atoms with E-state index in [2.05, 4.69) is 15.2 Å². The first-order chi connectivity index (χ1) is 15.5. The Hall–Kier alpha value is -3.30. The van der Waals surface area contributed by atoms with Crippen LogP contribution in [-0.2, 0) is 16.1 Å². The van der Waals surface area contributed by atoms with Gasteiger partial charge < -0.3 is 19.4 Å². The van der Waals surface area contributed by atoms with E-state index in [1.54, 1.807) is 35.2 Å². The van der Waals surface area contributed by atoms with Crippen molar-refractivity contribution < 1.29 is 18.7 Å². The number of hydrogen-bond acceptors (Lipinski definition) is 6. The molecule has 1 aliphatic rings. The molecule has 0 bridgehead atoms. The topological polar surface area (TPSA) is 108 Å². The Morgan fingerprint density at radius 1 is 1.09 bits per heavy atom. The van der Waals surface area contributed by atoms with Gasteiger partial charge in [0.2, 0.25) is 5.91 Å². The molecule has 2 aromatic carbocycles. The molecule has 2 N–H and O–H groups in total. The molecule has 4 rings (SSSR count). The Kier molecular flexibility index (Phi) is 6.77. The number of hydrogen-bond donors (Lipinski definition) is 2. The molecule has 168 valence electrons. The number of nitrogens with one attached hydrogen (secondary N) is 2. The van der Waals surface area contributed by atoms with E-state index < -0.39 is 5.76 Å². The van der Waals surface area contributed by atoms with E-state index in [0.717, 1.165) is 5.56 Å². The van der Waals surface area contributed by atoms with Crippen LogP contribution in [0.15, 0.2) is 51.7 Å². The van der Waals surface area contributed by atoms with Gasteiger partial charge in [0, 0.05) is 55.9 Å². The maximum Gasteiger partial charge on any atom is 0.417 e. The van der Waals surface area contributed by atoms with E-state index in [1.807, 2.05) is 12.1 Å². The van der Waals surface area contributed by atoms with Crippen molar-refractivity contribution in [1.29, 1.82) is 0 Å². The highest BCUT2D eigenvalue weighted by molar-refractivity contribution is 6.30. The van der Waals surface area contributed by atoms with E-state index >= 15 is 0 Å². The smallest absolute Gasteiger partial charge is 0.417 e. The van der Waals surface area contributed by atoms with Crippen LogP contribution in [0.5, 0.6) is 0 Å². The molecule has 3 aromatic rings. The number of piperazine rings is 1. The van der Waals surface area contributed by atoms with Crippen LogP contribution in [0, 0.1) is 0 Å². The SMILES string of the molecule is O=C(CCN1CCN(C(=O)OCc2ccc(Cl)cc2)CC1)Nc1ccc2[nH]c(=O)oc2c1. The summed E-state index contributed by atoms with van der Waals surface area (Å²) in [7, 11) is 0. The summed E-state index contributed by atoms with van der Waals surface area (Å²) in [6.45, 7) is 3.22. The zero-order valence-electron chi connectivity index (χ0n) is 17.3. The molecule has 0 spiro atoms. The number of aromatic amines is 1. The number of nitrogens with zero attached hydrogens (tertiary/aromatic N) is 2. The van der Waals surface area contributed by atoms with E-state index in [4.69, 9.17) is 20.8 Å². The van der Waals surface area contributed by atoms with Gasteiger partial charge in [-0.05, 0) is 29.8 Å². The van der Waals surface area contributed by atoms with Crippen molar-refractivity contribution in [3.05, 3.63) is 63.6 Å². The van der Waals surface area contributed by atoms with E-state index in [9.17, 15) is 14.4 Å². The van der Waals surface area contributed by atoms with Gasteiger partial charge in [0.1, 0.15) is 6.61 Å². The minimum Gasteiger partial charge on any atom is -0.445 e. The molecular formula is C22H23ClN4O5. The first kappa shape index (κ1) is 21.9. The fourth-order valence-corrected chi connectivity index (χ4v) is 3.60. The lowest BCUT2D eigenvalue weighted by Gasteiger charge is -2.33. The minimum absolute atomic E-state index is 0.132. The van der Waals surface area contributed by atoms with E-state index in [-0.39, 0.29) is 18.6 Å². The fraction of sp³-hybridized carbons (Fsp3) is 0.318. The average molecular weight is 459 g/mol. The summed E-state index contributed by atoms with van der Waals surface area (Å²) in [6.07, 6.45) is -0.0278. The van der Waals surface area contributed by atoms with E-state index in [0.29, 0.717) is 61.0 Å². The van der Waals surface area contributed by atoms with Crippen LogP contribution in [0.25, 0.3) is 11.1 Å². The number of fused-ring (bicyclic) bond motifs is 1. The lowest BCUT2D eigenvalue weighted by atomic mass is 10.2. The number of carbonyl (C=O) groups excluding carboxylic acids is 2. The number of benzene rings is 2. The quantitative estimate of drug-likeness (QED) is 0.587. The van der Waals surface area contributed by atoms with Gasteiger partial charge in [-0.15, -0.1) is 0 Å². The summed E-state index contributed by atoms with van der Waals surface area (Å²) < 4.78 is 10.4. The first-order valence-electron chi connectivity index (χ1n) is 10.3. The highest BCUT2D eigenvalue weighted by atomic mass is 35.5. The minimum atomic E-state index is -0.531. The third kappa shape index (κ3) is 5.68. The summed E-state index contributed by atoms with van der Waals surface area (Å²) in [5, 5.41) is 3.45. The Bertz CT molecular complexity index is 1150. The van der Waals surface area contributed by atoms with Gasteiger partial charge >= 0.3 is 11.8 Å². The maximum absolute atomic E-state index is 12.3. The average Bonchev–Trinajstić information content (AvgIpc) is 3.17. The molecule has 2 heterocycles. The highest BCUT2D eigenvalue weighted by Crippen LogP contribution is 2.17. The highest BCUT2D eigenvalue weighted by Gasteiger charge is 2.22. The van der Waals surface area contributed by atoms with Crippen molar-refractivity contribution in [3.63, 3.8) is 0 Å². The summed E-state index contributed by atoms with van der Waals surface area (Å²) in [5.74, 6) is -0.663. The van der Waals surface area contributed by atoms with Crippen molar-refractivity contribution in [2.24, 2.45) is 0 Å². The molecule has 0 aliphatic carbocycles. The number of aromatic nitrogens is 1. The normalized spacial score (nSPS) is 14.5. The number of ether oxygens (including phenoxy) is 1. The molecule has 32 heavy (non-hydrogen) atoms. The van der Waals surface area contributed by atoms with Crippen molar-refractivity contribution in [2.45, 2.75) is 13.0 Å². The van der Waals surface area contributed by atoms with Gasteiger partial charge in [-0.3, -0.25) is 14.7 Å². The maximum atomic E-state index is 12.3. The largest absolute Gasteiger partial charge is 0.445 e. The lowest BCUT2D eigenvalue weighted by Crippen LogP contribution is -2.49. The predicted octanol–water partition coefficient (Wildman–Crippen LogP) is 3.06. The summed E-state index contributed by atoms with van der Waals surface area (Å²) in [4.78, 5) is 42.1. The number of carbonyl (C=O) groups is 2. The van der Waals surface area contributed by atoms with Gasteiger partial charge in [-0.25, -0.2) is 9.59 Å². The van der Waals surface area contributed by atoms with Crippen LogP contribution in [-0.4, -0.2) is 59.5 Å². The van der Waals surface area contributed by atoms with Gasteiger partial charge in [0.15, 0.2) is 5.58 Å². The Morgan fingerprint density at radius 2 is 1.84 bits per heavy atom. The second-order valence-electron chi connectivity index (χ2n) is 7.53. The van der Waals surface area contributed by atoms with Crippen molar-refractivity contribution in [3.8, 4) is 0 Å². The zero-order chi connectivity index (χ0) is 22.5. The van der Waals surface area contributed by atoms with Crippen LogP contribution in [0.3, 0.4) is 0 Å². The standard InChI is InChI=1S/C22H23ClN4O5/c23-16-3-1-15(2-4-16)14-31-22(30)27-11-9-26(10-12-27)8-7-20(28)24-17-5-6-18-19(13-17)32-21(29)25-18/h1-6,13H,7-12,14H2,(H,24,28)(H,25,29). The molecule has 2 amide bonds. The molecule has 9 nitrogen and oxygen atoms in total. The number of H-pyrrole nitrogens is 1. The Labute approximate surface area is 188 Å². The van der Waals surface area contributed by atoms with E-state index in [1.165, 1.54) is 0 Å². The third-order valence-corrected chi connectivity index (χ3v) is 5.52. The number of halogens is 1. The van der Waals surface area contributed by atoms with Gasteiger partial charge in [0.05, 0.1) is 5.52 Å². The first-order valence-corrected chi connectivity index (χ1v) is 10.7. The Balaban J connectivity index is 1.17. The molecule has 1 saturated heterocycles. The third-order valence-electron chi connectivity index (χ3n) is 5.27. The van der Waals surface area contributed by atoms with Gasteiger partial charge in [-0.1, -0.05) is 23.7 Å². The lowest BCUT2D eigenvalue weighted by molar-refractivity contribution is -0.116. The van der Waals surface area contributed by atoms with Crippen LogP contribution in [0.2, 0.25) is 5.02 Å². The molecule has 0 saturated carbocycles. The summed E-state index contributed by atoms with van der Waals surface area (Å²) >= 11 is 5.86. The second-order valence-corrected chi connectivity index (χ2v) is 7.97. The number of amides is 2. The van der Waals surface area contributed by atoms with Crippen molar-refractivity contribution >= 4 is 40.4 Å². The molecule has 1 aliphatic heterocycles. The van der Waals surface area contributed by atoms with Crippen LogP contribution in [0.4, 0.5) is 10.5 Å². The second kappa shape index (κ2) is 9.88. The molecule has 0 radical (unpaired) electrons. The molecule has 0 atom stereocenters. The summed E-state index contributed by atoms with van der Waals surface area (Å²) in [6, 6.07) is 12.2. The van der Waals surface area contributed by atoms with Crippen molar-refractivity contribution in [1.82, 2.24) is 14.8 Å². The van der Waals surface area contributed by atoms with Gasteiger partial charge in [0.25, 0.3) is 0 Å². The van der Waals surface area contributed by atoms with Crippen molar-refractivity contribution in [2.75, 3.05) is 38.0 Å². The molecule has 1 aromatic heterocycles. The molecular weight excluding hydrogens is 436 g/mol. The summed E-state index contributed by atoms with van der Waals surface area (Å²) in [5.41, 5.74) is 2.42. The zero-order valence-corrected chi connectivity index (χ0v) is 18.1. The monoisotopic (exact) mass is 458 g/mol. The predicted molar refractivity (Wildman–Crippen MR) is 120 cm³/mol. The number of anilines is 1. The van der Waals surface area contributed by atoms with Crippen LogP contribution < -0.4 is 11.1 Å². The van der Waals surface area contributed by atoms with Crippen LogP contribution >= 0.6 is 11.6 Å². The number of oxazole rings is 1. The van der Waals surface area contributed by atoms with Gasteiger partial charge in [-0.2, -0.15) is 0 Å². The Morgan fingerprint density at radius 3 is 2.59 bits per heavy atom. The number of rotatable bonds is 6. The molecule has 0 unspecified atom stereocenters. The van der Waals surface area contributed by atoms with Crippen LogP contribution in [0.1, 0.15) is 12.0 Å². The fourth-order valence-electron chi connectivity index (χ4n) is 3.48.